The van der Waals surface area contributed by atoms with E-state index < -0.39 is 5.95 Å². The summed E-state index contributed by atoms with van der Waals surface area (Å²) in [5, 5.41) is 2.78. The van der Waals surface area contributed by atoms with Gasteiger partial charge in [0.05, 0.1) is 6.20 Å². The lowest BCUT2D eigenvalue weighted by Crippen LogP contribution is -2.30. The number of carbonyl (C=O) groups excluding carboxylic acids is 1. The van der Waals surface area contributed by atoms with E-state index in [0.717, 1.165) is 12.8 Å². The number of ether oxygens (including phenoxy) is 1. The van der Waals surface area contributed by atoms with E-state index in [0.29, 0.717) is 11.8 Å². The van der Waals surface area contributed by atoms with Crippen LogP contribution in [0.3, 0.4) is 0 Å². The maximum atomic E-state index is 12.4. The van der Waals surface area contributed by atoms with E-state index in [2.05, 4.69) is 10.3 Å². The molecule has 1 heterocycles. The van der Waals surface area contributed by atoms with Crippen LogP contribution in [-0.4, -0.2) is 23.5 Å². The van der Waals surface area contributed by atoms with E-state index >= 15 is 0 Å². The molecule has 0 aromatic carbocycles. The minimum absolute atomic E-state index is 0.0518. The molecule has 1 aliphatic carbocycles. The first-order chi connectivity index (χ1) is 7.24. The third-order valence-electron chi connectivity index (χ3n) is 2.01. The fourth-order valence-electron chi connectivity index (χ4n) is 1.09. The number of carbonyl (C=O) groups is 1. The quantitative estimate of drug-likeness (QED) is 0.750. The second kappa shape index (κ2) is 4.25. The second-order valence-electron chi connectivity index (χ2n) is 3.45. The molecule has 1 aliphatic rings. The predicted octanol–water partition coefficient (Wildman–Crippen LogP) is 0.878. The third-order valence-corrected chi connectivity index (χ3v) is 2.01. The smallest absolute Gasteiger partial charge is 0.258 e. The number of nitrogens with one attached hydrogen (secondary N) is 1. The van der Waals surface area contributed by atoms with Crippen LogP contribution in [0, 0.1) is 5.95 Å². The Bertz CT molecular complexity index is 349. The van der Waals surface area contributed by atoms with Gasteiger partial charge in [-0.15, -0.1) is 0 Å². The zero-order chi connectivity index (χ0) is 10.7. The van der Waals surface area contributed by atoms with E-state index in [1.165, 1.54) is 18.3 Å². The Hall–Kier alpha value is -1.65. The maximum Gasteiger partial charge on any atom is 0.258 e. The summed E-state index contributed by atoms with van der Waals surface area (Å²) in [5.74, 6) is -0.325. The van der Waals surface area contributed by atoms with Gasteiger partial charge in [-0.1, -0.05) is 0 Å². The maximum absolute atomic E-state index is 12.4. The van der Waals surface area contributed by atoms with Gasteiger partial charge < -0.3 is 10.1 Å². The molecule has 0 saturated heterocycles. The van der Waals surface area contributed by atoms with Crippen LogP contribution in [0.5, 0.6) is 5.75 Å². The molecule has 2 rings (SSSR count). The van der Waals surface area contributed by atoms with Crippen LogP contribution in [0.25, 0.3) is 0 Å². The van der Waals surface area contributed by atoms with Crippen molar-refractivity contribution in [3.8, 4) is 5.75 Å². The summed E-state index contributed by atoms with van der Waals surface area (Å²) in [6.07, 6.45) is 3.34. The van der Waals surface area contributed by atoms with Gasteiger partial charge in [-0.2, -0.15) is 4.39 Å². The minimum atomic E-state index is -0.565. The third kappa shape index (κ3) is 3.19. The highest BCUT2D eigenvalue weighted by Crippen LogP contribution is 2.18. The molecule has 1 saturated carbocycles. The van der Waals surface area contributed by atoms with Crippen molar-refractivity contribution in [1.82, 2.24) is 10.3 Å². The lowest BCUT2D eigenvalue weighted by Gasteiger charge is -2.05. The first-order valence-corrected chi connectivity index (χ1v) is 4.78. The summed E-state index contributed by atoms with van der Waals surface area (Å²) in [6.45, 7) is -0.0518. The zero-order valence-corrected chi connectivity index (χ0v) is 8.07. The number of amides is 1. The Morgan fingerprint density at radius 2 is 2.40 bits per heavy atom. The number of hydrogen-bond donors (Lipinski definition) is 1. The van der Waals surface area contributed by atoms with Crippen molar-refractivity contribution in [1.29, 1.82) is 0 Å². The molecule has 1 amide bonds. The van der Waals surface area contributed by atoms with Gasteiger partial charge in [-0.3, -0.25) is 4.79 Å². The molecule has 1 aromatic rings. The molecule has 0 spiro atoms. The molecule has 4 nitrogen and oxygen atoms in total. The molecule has 0 unspecified atom stereocenters. The number of aromatic nitrogens is 1. The lowest BCUT2D eigenvalue weighted by atomic mass is 10.4. The minimum Gasteiger partial charge on any atom is -0.482 e. The fraction of sp³-hybridized carbons (Fsp3) is 0.400. The van der Waals surface area contributed by atoms with Crippen LogP contribution in [0.15, 0.2) is 18.3 Å². The first-order valence-electron chi connectivity index (χ1n) is 4.78. The predicted molar refractivity (Wildman–Crippen MR) is 50.9 cm³/mol. The van der Waals surface area contributed by atoms with Crippen LogP contribution in [0.4, 0.5) is 4.39 Å². The largest absolute Gasteiger partial charge is 0.482 e. The van der Waals surface area contributed by atoms with E-state index in [1.54, 1.807) is 0 Å². The summed E-state index contributed by atoms with van der Waals surface area (Å²) < 4.78 is 17.5. The molecule has 1 N–H and O–H groups in total. The first kappa shape index (κ1) is 9.89. The molecule has 15 heavy (non-hydrogen) atoms. The van der Waals surface area contributed by atoms with Gasteiger partial charge in [-0.25, -0.2) is 4.98 Å². The molecule has 80 valence electrons. The Kier molecular flexibility index (Phi) is 2.80. The van der Waals surface area contributed by atoms with E-state index in [-0.39, 0.29) is 12.5 Å². The van der Waals surface area contributed by atoms with Crippen molar-refractivity contribution in [2.24, 2.45) is 0 Å². The molecular formula is C10H11FN2O2. The zero-order valence-electron chi connectivity index (χ0n) is 8.07. The van der Waals surface area contributed by atoms with Gasteiger partial charge in [0.15, 0.2) is 6.61 Å². The van der Waals surface area contributed by atoms with Crippen molar-refractivity contribution in [3.63, 3.8) is 0 Å². The molecular weight excluding hydrogens is 199 g/mol. The van der Waals surface area contributed by atoms with Crippen LogP contribution >= 0.6 is 0 Å². The highest BCUT2D eigenvalue weighted by atomic mass is 19.1. The highest BCUT2D eigenvalue weighted by Gasteiger charge is 2.23. The molecule has 1 fully saturated rings. The van der Waals surface area contributed by atoms with Gasteiger partial charge in [0.2, 0.25) is 5.95 Å². The van der Waals surface area contributed by atoms with Crippen molar-refractivity contribution >= 4 is 5.91 Å². The summed E-state index contributed by atoms with van der Waals surface area (Å²) >= 11 is 0. The average Bonchev–Trinajstić information content (AvgIpc) is 3.01. The number of hydrogen-bond acceptors (Lipinski definition) is 3. The van der Waals surface area contributed by atoms with Crippen LogP contribution in [0.1, 0.15) is 12.8 Å². The van der Waals surface area contributed by atoms with Crippen molar-refractivity contribution in [2.45, 2.75) is 18.9 Å². The summed E-state index contributed by atoms with van der Waals surface area (Å²) in [5.41, 5.74) is 0. The van der Waals surface area contributed by atoms with Gasteiger partial charge in [0, 0.05) is 6.04 Å². The molecule has 0 aliphatic heterocycles. The molecule has 0 radical (unpaired) electrons. The summed E-state index contributed by atoms with van der Waals surface area (Å²) in [4.78, 5) is 14.6. The number of nitrogens with zero attached hydrogens (tertiary/aromatic N) is 1. The Labute approximate surface area is 86.5 Å². The molecule has 5 heteroatoms. The van der Waals surface area contributed by atoms with Gasteiger partial charge in [-0.05, 0) is 25.0 Å². The van der Waals surface area contributed by atoms with E-state index in [1.807, 2.05) is 0 Å². The normalized spacial score (nSPS) is 14.7. The SMILES string of the molecule is O=C(COc1ccc(F)nc1)NC1CC1. The second-order valence-corrected chi connectivity index (χ2v) is 3.45. The topological polar surface area (TPSA) is 51.2 Å². The van der Waals surface area contributed by atoms with Crippen molar-refractivity contribution < 1.29 is 13.9 Å². The van der Waals surface area contributed by atoms with E-state index in [9.17, 15) is 9.18 Å². The monoisotopic (exact) mass is 210 g/mol. The Morgan fingerprint density at radius 3 is 3.00 bits per heavy atom. The number of rotatable bonds is 4. The fourth-order valence-corrected chi connectivity index (χ4v) is 1.09. The average molecular weight is 210 g/mol. The summed E-state index contributed by atoms with van der Waals surface area (Å²) in [7, 11) is 0. The van der Waals surface area contributed by atoms with Crippen molar-refractivity contribution in [2.75, 3.05) is 6.61 Å². The van der Waals surface area contributed by atoms with Crippen LogP contribution in [-0.2, 0) is 4.79 Å². The molecule has 0 bridgehead atoms. The summed E-state index contributed by atoms with van der Waals surface area (Å²) in [6, 6.07) is 2.95. The number of halogens is 1. The lowest BCUT2D eigenvalue weighted by molar-refractivity contribution is -0.123. The van der Waals surface area contributed by atoms with Crippen molar-refractivity contribution in [3.05, 3.63) is 24.3 Å². The number of pyridine rings is 1. The van der Waals surface area contributed by atoms with Crippen LogP contribution in [0.2, 0.25) is 0 Å². The van der Waals surface area contributed by atoms with Gasteiger partial charge >= 0.3 is 0 Å². The molecule has 1 aromatic heterocycles. The Balaban J connectivity index is 1.76. The standard InChI is InChI=1S/C10H11FN2O2/c11-9-4-3-8(5-12-9)15-6-10(14)13-7-1-2-7/h3-5,7H,1-2,6H2,(H,13,14). The van der Waals surface area contributed by atoms with Crippen LogP contribution < -0.4 is 10.1 Å². The highest BCUT2D eigenvalue weighted by molar-refractivity contribution is 5.78. The van der Waals surface area contributed by atoms with Gasteiger partial charge in [0.25, 0.3) is 5.91 Å². The molecule has 0 atom stereocenters. The van der Waals surface area contributed by atoms with Gasteiger partial charge in [0.1, 0.15) is 5.75 Å². The Morgan fingerprint density at radius 1 is 1.60 bits per heavy atom. The van der Waals surface area contributed by atoms with E-state index in [4.69, 9.17) is 4.74 Å².